The molecule has 112 valence electrons. The molecule has 0 radical (unpaired) electrons. The van der Waals surface area contributed by atoms with Crippen molar-refractivity contribution in [1.29, 1.82) is 0 Å². The van der Waals surface area contributed by atoms with Crippen LogP contribution in [0.4, 0.5) is 0 Å². The Morgan fingerprint density at radius 1 is 1.14 bits per heavy atom. The summed E-state index contributed by atoms with van der Waals surface area (Å²) in [6.07, 6.45) is 0.706. The molecule has 2 aliphatic carbocycles. The summed E-state index contributed by atoms with van der Waals surface area (Å²) >= 11 is 6.18. The smallest absolute Gasteiger partial charge is 0.320 e. The van der Waals surface area contributed by atoms with Crippen LogP contribution in [0.5, 0.6) is 5.75 Å². The predicted octanol–water partition coefficient (Wildman–Crippen LogP) is 3.66. The van der Waals surface area contributed by atoms with Gasteiger partial charge in [0.15, 0.2) is 0 Å². The van der Waals surface area contributed by atoms with Crippen molar-refractivity contribution in [3.8, 4) is 5.75 Å². The van der Waals surface area contributed by atoms with Crippen LogP contribution in [0.15, 0.2) is 36.4 Å². The van der Waals surface area contributed by atoms with Crippen molar-refractivity contribution in [2.45, 2.75) is 17.8 Å². The molecule has 2 bridgehead atoms. The second-order valence-corrected chi connectivity index (χ2v) is 6.27. The number of carbonyl (C=O) groups is 1. The molecule has 0 saturated carbocycles. The minimum Gasteiger partial charge on any atom is -0.497 e. The molecule has 4 heteroatoms. The van der Waals surface area contributed by atoms with Crippen LogP contribution in [0.2, 0.25) is 5.02 Å². The largest absolute Gasteiger partial charge is 0.497 e. The fourth-order valence-corrected chi connectivity index (χ4v) is 4.25. The lowest BCUT2D eigenvalue weighted by atomic mass is 9.75. The first kappa shape index (κ1) is 13.6. The molecular formula is C18H15ClO3. The maximum absolute atomic E-state index is 12.7. The molecular weight excluding hydrogens is 300 g/mol. The van der Waals surface area contributed by atoms with Gasteiger partial charge in [0.25, 0.3) is 0 Å². The van der Waals surface area contributed by atoms with E-state index in [1.54, 1.807) is 7.11 Å². The van der Waals surface area contributed by atoms with Crippen LogP contribution < -0.4 is 4.74 Å². The maximum atomic E-state index is 12.7. The molecule has 2 unspecified atom stereocenters. The van der Waals surface area contributed by atoms with E-state index in [-0.39, 0.29) is 11.9 Å². The van der Waals surface area contributed by atoms with Crippen molar-refractivity contribution in [2.75, 3.05) is 14.2 Å². The summed E-state index contributed by atoms with van der Waals surface area (Å²) in [6, 6.07) is 11.8. The molecule has 2 aliphatic rings. The van der Waals surface area contributed by atoms with Gasteiger partial charge in [-0.1, -0.05) is 23.7 Å². The van der Waals surface area contributed by atoms with Crippen molar-refractivity contribution in [2.24, 2.45) is 0 Å². The maximum Gasteiger partial charge on any atom is 0.320 e. The Kier molecular flexibility index (Phi) is 2.79. The predicted molar refractivity (Wildman–Crippen MR) is 83.7 cm³/mol. The minimum atomic E-state index is -0.760. The van der Waals surface area contributed by atoms with Gasteiger partial charge < -0.3 is 9.47 Å². The van der Waals surface area contributed by atoms with Crippen molar-refractivity contribution in [3.63, 3.8) is 0 Å². The number of carbonyl (C=O) groups excluding carboxylic acids is 1. The quantitative estimate of drug-likeness (QED) is 0.794. The Balaban J connectivity index is 2.04. The van der Waals surface area contributed by atoms with Gasteiger partial charge in [-0.15, -0.1) is 0 Å². The average molecular weight is 315 g/mol. The fourth-order valence-electron chi connectivity index (χ4n) is 4.07. The molecule has 22 heavy (non-hydrogen) atoms. The zero-order chi connectivity index (χ0) is 15.5. The first-order valence-electron chi connectivity index (χ1n) is 7.18. The van der Waals surface area contributed by atoms with Crippen LogP contribution in [-0.4, -0.2) is 20.2 Å². The van der Waals surface area contributed by atoms with Crippen LogP contribution in [0.3, 0.4) is 0 Å². The van der Waals surface area contributed by atoms with Crippen LogP contribution in [-0.2, 0) is 14.9 Å². The summed E-state index contributed by atoms with van der Waals surface area (Å²) in [5.41, 5.74) is 3.55. The van der Waals surface area contributed by atoms with E-state index in [4.69, 9.17) is 21.1 Å². The number of hydrogen-bond donors (Lipinski definition) is 0. The number of rotatable bonds is 2. The first-order valence-corrected chi connectivity index (χ1v) is 7.56. The van der Waals surface area contributed by atoms with E-state index in [0.717, 1.165) is 16.9 Å². The minimum absolute atomic E-state index is 0.215. The third kappa shape index (κ3) is 1.49. The molecule has 0 aromatic heterocycles. The van der Waals surface area contributed by atoms with E-state index in [1.165, 1.54) is 18.2 Å². The highest BCUT2D eigenvalue weighted by Crippen LogP contribution is 2.61. The SMILES string of the molecule is COC(=O)C12CC(c3ccc(Cl)cc31)c1ccc(OC)cc12. The molecule has 2 aromatic carbocycles. The highest BCUT2D eigenvalue weighted by molar-refractivity contribution is 6.30. The zero-order valence-corrected chi connectivity index (χ0v) is 13.1. The van der Waals surface area contributed by atoms with E-state index in [2.05, 4.69) is 6.07 Å². The normalized spacial score (nSPS) is 23.9. The number of esters is 1. The van der Waals surface area contributed by atoms with Crippen LogP contribution in [0.1, 0.15) is 34.6 Å². The van der Waals surface area contributed by atoms with E-state index < -0.39 is 5.41 Å². The van der Waals surface area contributed by atoms with Crippen LogP contribution in [0, 0.1) is 0 Å². The lowest BCUT2D eigenvalue weighted by Crippen LogP contribution is -2.35. The molecule has 2 aromatic rings. The van der Waals surface area contributed by atoms with Gasteiger partial charge in [0.1, 0.15) is 11.2 Å². The summed E-state index contributed by atoms with van der Waals surface area (Å²) in [6.45, 7) is 0. The zero-order valence-electron chi connectivity index (χ0n) is 12.4. The Morgan fingerprint density at radius 2 is 1.82 bits per heavy atom. The van der Waals surface area contributed by atoms with Gasteiger partial charge in [0, 0.05) is 10.9 Å². The van der Waals surface area contributed by atoms with E-state index >= 15 is 0 Å². The number of halogens is 1. The molecule has 0 fully saturated rings. The number of benzene rings is 2. The topological polar surface area (TPSA) is 35.5 Å². The van der Waals surface area contributed by atoms with Crippen molar-refractivity contribution in [1.82, 2.24) is 0 Å². The second-order valence-electron chi connectivity index (χ2n) is 5.84. The lowest BCUT2D eigenvalue weighted by molar-refractivity contribution is -0.145. The summed E-state index contributed by atoms with van der Waals surface area (Å²) in [4.78, 5) is 12.7. The van der Waals surface area contributed by atoms with Crippen LogP contribution in [0.25, 0.3) is 0 Å². The van der Waals surface area contributed by atoms with E-state index in [9.17, 15) is 4.79 Å². The Bertz CT molecular complexity index is 799. The molecule has 3 nitrogen and oxygen atoms in total. The summed E-state index contributed by atoms with van der Waals surface area (Å²) in [5, 5.41) is 0.638. The molecule has 0 heterocycles. The standard InChI is InChI=1S/C18H15ClO3/c1-21-11-4-6-13-14-9-18(16(13)8-11,17(20)22-2)15-7-10(19)3-5-12(14)15/h3-8,14H,9H2,1-2H3. The molecule has 0 saturated heterocycles. The lowest BCUT2D eigenvalue weighted by Gasteiger charge is -2.29. The average Bonchev–Trinajstić information content (AvgIpc) is 3.06. The summed E-state index contributed by atoms with van der Waals surface area (Å²) in [7, 11) is 3.07. The first-order chi connectivity index (χ1) is 10.6. The molecule has 4 rings (SSSR count). The third-order valence-corrected chi connectivity index (χ3v) is 5.23. The highest BCUT2D eigenvalue weighted by Gasteiger charge is 2.58. The van der Waals surface area contributed by atoms with Crippen molar-refractivity contribution < 1.29 is 14.3 Å². The van der Waals surface area contributed by atoms with Gasteiger partial charge in [-0.25, -0.2) is 0 Å². The Morgan fingerprint density at radius 3 is 2.50 bits per heavy atom. The second kappa shape index (κ2) is 4.50. The molecule has 0 N–H and O–H groups in total. The van der Waals surface area contributed by atoms with Crippen LogP contribution >= 0.6 is 11.6 Å². The number of methoxy groups -OCH3 is 2. The van der Waals surface area contributed by atoms with Gasteiger partial charge in [-0.2, -0.15) is 0 Å². The van der Waals surface area contributed by atoms with E-state index in [1.807, 2.05) is 30.3 Å². The Hall–Kier alpha value is -2.00. The monoisotopic (exact) mass is 314 g/mol. The molecule has 0 spiro atoms. The number of fused-ring (bicyclic) bond motifs is 8. The van der Waals surface area contributed by atoms with Crippen molar-refractivity contribution in [3.05, 3.63) is 63.7 Å². The number of hydrogen-bond acceptors (Lipinski definition) is 3. The highest BCUT2D eigenvalue weighted by atomic mass is 35.5. The van der Waals surface area contributed by atoms with Gasteiger partial charge in [-0.3, -0.25) is 4.79 Å². The van der Waals surface area contributed by atoms with Gasteiger partial charge in [-0.05, 0) is 52.9 Å². The fraction of sp³-hybridized carbons (Fsp3) is 0.278. The van der Waals surface area contributed by atoms with Gasteiger partial charge in [0.05, 0.1) is 14.2 Å². The van der Waals surface area contributed by atoms with Gasteiger partial charge in [0.2, 0.25) is 0 Å². The Labute approximate surface area is 133 Å². The number of ether oxygens (including phenoxy) is 2. The van der Waals surface area contributed by atoms with Gasteiger partial charge >= 0.3 is 5.97 Å². The molecule has 2 atom stereocenters. The van der Waals surface area contributed by atoms with E-state index in [0.29, 0.717) is 11.4 Å². The summed E-state index contributed by atoms with van der Waals surface area (Å²) < 4.78 is 10.5. The molecule has 0 amide bonds. The summed E-state index contributed by atoms with van der Waals surface area (Å²) in [5.74, 6) is 0.732. The third-order valence-electron chi connectivity index (χ3n) is 4.99. The van der Waals surface area contributed by atoms with Crippen molar-refractivity contribution >= 4 is 17.6 Å². The molecule has 0 aliphatic heterocycles.